The lowest BCUT2D eigenvalue weighted by Gasteiger charge is -2.28. The molecule has 0 aliphatic heterocycles. The average Bonchev–Trinajstić information content (AvgIpc) is 2.55. The van der Waals surface area contributed by atoms with Crippen LogP contribution in [0.5, 0.6) is 0 Å². The standard InChI is InChI=1S/C21H29F/c1-16-5-7-17(8-6-16)9-10-18-11-13-19(14-12-18)20-3-2-4-21(22)15-20/h2-4,9-10,15-19H,5-8,11-14H2,1H3/b10-9+. The topological polar surface area (TPSA) is 0 Å². The van der Waals surface area contributed by atoms with Gasteiger partial charge in [-0.3, -0.25) is 0 Å². The van der Waals surface area contributed by atoms with E-state index in [1.165, 1.54) is 56.9 Å². The molecule has 22 heavy (non-hydrogen) atoms. The second kappa shape index (κ2) is 7.44. The summed E-state index contributed by atoms with van der Waals surface area (Å²) in [6.07, 6.45) is 15.5. The minimum atomic E-state index is -0.0916. The van der Waals surface area contributed by atoms with Crippen molar-refractivity contribution in [1.29, 1.82) is 0 Å². The molecule has 0 nitrogen and oxygen atoms in total. The maximum atomic E-state index is 13.3. The van der Waals surface area contributed by atoms with Crippen LogP contribution in [0.3, 0.4) is 0 Å². The molecule has 0 radical (unpaired) electrons. The third-order valence-corrected chi connectivity index (χ3v) is 5.81. The van der Waals surface area contributed by atoms with E-state index in [0.717, 1.165) is 17.8 Å². The maximum Gasteiger partial charge on any atom is 0.123 e. The Labute approximate surface area is 134 Å². The van der Waals surface area contributed by atoms with Crippen molar-refractivity contribution in [3.63, 3.8) is 0 Å². The summed E-state index contributed by atoms with van der Waals surface area (Å²) in [5.41, 5.74) is 1.20. The molecule has 0 N–H and O–H groups in total. The Hall–Kier alpha value is -1.11. The predicted molar refractivity (Wildman–Crippen MR) is 91.4 cm³/mol. The molecule has 0 aromatic heterocycles. The van der Waals surface area contributed by atoms with Gasteiger partial charge in [-0.2, -0.15) is 0 Å². The summed E-state index contributed by atoms with van der Waals surface area (Å²) in [6.45, 7) is 2.38. The molecule has 120 valence electrons. The van der Waals surface area contributed by atoms with Gasteiger partial charge < -0.3 is 0 Å². The first kappa shape index (κ1) is 15.8. The van der Waals surface area contributed by atoms with Gasteiger partial charge in [-0.1, -0.05) is 44.1 Å². The molecule has 0 spiro atoms. The molecule has 2 saturated carbocycles. The van der Waals surface area contributed by atoms with E-state index in [1.54, 1.807) is 12.1 Å². The molecule has 0 saturated heterocycles. The van der Waals surface area contributed by atoms with Gasteiger partial charge in [-0.05, 0) is 79.9 Å². The summed E-state index contributed by atoms with van der Waals surface area (Å²) in [7, 11) is 0. The highest BCUT2D eigenvalue weighted by molar-refractivity contribution is 5.21. The summed E-state index contributed by atoms with van der Waals surface area (Å²) < 4.78 is 13.3. The fourth-order valence-corrected chi connectivity index (χ4v) is 4.20. The molecule has 0 unspecified atom stereocenters. The Morgan fingerprint density at radius 2 is 1.45 bits per heavy atom. The number of benzene rings is 1. The zero-order valence-corrected chi connectivity index (χ0v) is 13.8. The molecule has 2 fully saturated rings. The number of halogens is 1. The van der Waals surface area contributed by atoms with Crippen molar-refractivity contribution in [3.8, 4) is 0 Å². The zero-order valence-electron chi connectivity index (χ0n) is 13.8. The monoisotopic (exact) mass is 300 g/mol. The number of hydrogen-bond acceptors (Lipinski definition) is 0. The summed E-state index contributed by atoms with van der Waals surface area (Å²) in [4.78, 5) is 0. The van der Waals surface area contributed by atoms with Crippen LogP contribution in [0, 0.1) is 23.6 Å². The van der Waals surface area contributed by atoms with Gasteiger partial charge in [0.2, 0.25) is 0 Å². The maximum absolute atomic E-state index is 13.3. The Morgan fingerprint density at radius 1 is 0.864 bits per heavy atom. The second-order valence-electron chi connectivity index (χ2n) is 7.57. The van der Waals surface area contributed by atoms with Crippen LogP contribution in [0.1, 0.15) is 69.8 Å². The SMILES string of the molecule is CC1CCC(/C=C/C2CCC(c3cccc(F)c3)CC2)CC1. The van der Waals surface area contributed by atoms with Crippen LogP contribution in [0.25, 0.3) is 0 Å². The fourth-order valence-electron chi connectivity index (χ4n) is 4.20. The van der Waals surface area contributed by atoms with E-state index in [1.807, 2.05) is 6.07 Å². The van der Waals surface area contributed by atoms with Gasteiger partial charge in [0.15, 0.2) is 0 Å². The third-order valence-electron chi connectivity index (χ3n) is 5.81. The molecule has 2 aliphatic rings. The van der Waals surface area contributed by atoms with Crippen molar-refractivity contribution in [3.05, 3.63) is 47.8 Å². The lowest BCUT2D eigenvalue weighted by molar-refractivity contribution is 0.326. The fraction of sp³-hybridized carbons (Fsp3) is 0.619. The van der Waals surface area contributed by atoms with E-state index in [0.29, 0.717) is 5.92 Å². The molecular formula is C21H29F. The Bertz CT molecular complexity index is 488. The van der Waals surface area contributed by atoms with Gasteiger partial charge in [0, 0.05) is 0 Å². The van der Waals surface area contributed by atoms with Crippen LogP contribution in [0.4, 0.5) is 4.39 Å². The Balaban J connectivity index is 1.47. The van der Waals surface area contributed by atoms with Crippen LogP contribution in [0.2, 0.25) is 0 Å². The highest BCUT2D eigenvalue weighted by atomic mass is 19.1. The van der Waals surface area contributed by atoms with Gasteiger partial charge in [0.25, 0.3) is 0 Å². The molecule has 0 amide bonds. The molecular weight excluding hydrogens is 271 g/mol. The molecule has 0 atom stereocenters. The first-order valence-corrected chi connectivity index (χ1v) is 9.14. The van der Waals surface area contributed by atoms with E-state index in [9.17, 15) is 4.39 Å². The summed E-state index contributed by atoms with van der Waals surface area (Å²) in [6, 6.07) is 7.21. The number of hydrogen-bond donors (Lipinski definition) is 0. The third kappa shape index (κ3) is 4.21. The summed E-state index contributed by atoms with van der Waals surface area (Å²) >= 11 is 0. The molecule has 0 bridgehead atoms. The Morgan fingerprint density at radius 3 is 2.05 bits per heavy atom. The van der Waals surface area contributed by atoms with Crippen molar-refractivity contribution < 1.29 is 4.39 Å². The van der Waals surface area contributed by atoms with Crippen molar-refractivity contribution in [2.75, 3.05) is 0 Å². The van der Waals surface area contributed by atoms with Gasteiger partial charge in [-0.25, -0.2) is 4.39 Å². The number of rotatable bonds is 3. The summed E-state index contributed by atoms with van der Waals surface area (Å²) in [5.74, 6) is 2.99. The molecule has 1 aromatic rings. The Kier molecular flexibility index (Phi) is 5.33. The zero-order chi connectivity index (χ0) is 15.4. The van der Waals surface area contributed by atoms with Crippen LogP contribution >= 0.6 is 0 Å². The summed E-state index contributed by atoms with van der Waals surface area (Å²) in [5, 5.41) is 0. The van der Waals surface area contributed by atoms with Crippen molar-refractivity contribution in [2.24, 2.45) is 17.8 Å². The van der Waals surface area contributed by atoms with E-state index in [-0.39, 0.29) is 5.82 Å². The van der Waals surface area contributed by atoms with Crippen molar-refractivity contribution in [1.82, 2.24) is 0 Å². The van der Waals surface area contributed by atoms with Gasteiger partial charge in [-0.15, -0.1) is 0 Å². The molecule has 2 aliphatic carbocycles. The van der Waals surface area contributed by atoms with Crippen LogP contribution in [0.15, 0.2) is 36.4 Å². The molecule has 0 heterocycles. The van der Waals surface area contributed by atoms with E-state index in [4.69, 9.17) is 0 Å². The van der Waals surface area contributed by atoms with E-state index >= 15 is 0 Å². The second-order valence-corrected chi connectivity index (χ2v) is 7.57. The molecule has 1 aromatic carbocycles. The molecule has 3 rings (SSSR count). The van der Waals surface area contributed by atoms with E-state index < -0.39 is 0 Å². The van der Waals surface area contributed by atoms with Gasteiger partial charge >= 0.3 is 0 Å². The van der Waals surface area contributed by atoms with Crippen LogP contribution < -0.4 is 0 Å². The largest absolute Gasteiger partial charge is 0.207 e. The minimum Gasteiger partial charge on any atom is -0.207 e. The highest BCUT2D eigenvalue weighted by Crippen LogP contribution is 2.37. The van der Waals surface area contributed by atoms with Crippen molar-refractivity contribution >= 4 is 0 Å². The first-order valence-electron chi connectivity index (χ1n) is 9.14. The van der Waals surface area contributed by atoms with Crippen LogP contribution in [-0.4, -0.2) is 0 Å². The van der Waals surface area contributed by atoms with Crippen molar-refractivity contribution in [2.45, 2.75) is 64.2 Å². The lowest BCUT2D eigenvalue weighted by Crippen LogP contribution is -2.13. The van der Waals surface area contributed by atoms with Gasteiger partial charge in [0.05, 0.1) is 0 Å². The first-order chi connectivity index (χ1) is 10.7. The molecule has 1 heteroatoms. The van der Waals surface area contributed by atoms with E-state index in [2.05, 4.69) is 25.1 Å². The van der Waals surface area contributed by atoms with Gasteiger partial charge in [0.1, 0.15) is 5.82 Å². The predicted octanol–water partition coefficient (Wildman–Crippen LogP) is 6.48. The smallest absolute Gasteiger partial charge is 0.123 e. The minimum absolute atomic E-state index is 0.0916. The normalized spacial score (nSPS) is 33.2. The van der Waals surface area contributed by atoms with Crippen LogP contribution in [-0.2, 0) is 0 Å². The average molecular weight is 300 g/mol. The highest BCUT2D eigenvalue weighted by Gasteiger charge is 2.22. The quantitative estimate of drug-likeness (QED) is 0.560. The number of allylic oxidation sites excluding steroid dienone is 2. The lowest BCUT2D eigenvalue weighted by atomic mass is 9.77.